The summed E-state index contributed by atoms with van der Waals surface area (Å²) < 4.78 is 6.10. The van der Waals surface area contributed by atoms with Crippen LogP contribution in [0.2, 0.25) is 0 Å². The molecule has 3 heterocycles. The van der Waals surface area contributed by atoms with E-state index in [1.54, 1.807) is 0 Å². The van der Waals surface area contributed by atoms with E-state index in [1.165, 1.54) is 45.1 Å². The third-order valence-corrected chi connectivity index (χ3v) is 5.99. The summed E-state index contributed by atoms with van der Waals surface area (Å²) in [4.78, 5) is 2.81. The second-order valence-corrected chi connectivity index (χ2v) is 6.78. The van der Waals surface area contributed by atoms with Crippen molar-refractivity contribution < 1.29 is 4.74 Å². The van der Waals surface area contributed by atoms with Crippen LogP contribution in [0.25, 0.3) is 0 Å². The predicted octanol–water partition coefficient (Wildman–Crippen LogP) is 2.55. The Labute approximate surface area is 118 Å². The van der Waals surface area contributed by atoms with Gasteiger partial charge in [-0.1, -0.05) is 20.8 Å². The number of ether oxygens (including phenoxy) is 1. The predicted molar refractivity (Wildman–Crippen MR) is 78.4 cm³/mol. The summed E-state index contributed by atoms with van der Waals surface area (Å²) in [6, 6.07) is 1.41. The fraction of sp³-hybridized carbons (Fsp3) is 1.00. The maximum atomic E-state index is 6.10. The van der Waals surface area contributed by atoms with Crippen LogP contribution >= 0.6 is 0 Å². The van der Waals surface area contributed by atoms with Gasteiger partial charge in [0.15, 0.2) is 0 Å². The molecule has 110 valence electrons. The fourth-order valence-corrected chi connectivity index (χ4v) is 4.44. The highest BCUT2D eigenvalue weighted by atomic mass is 16.5. The molecule has 0 aromatic heterocycles. The van der Waals surface area contributed by atoms with Gasteiger partial charge in [0.05, 0.1) is 12.2 Å². The molecule has 0 aromatic carbocycles. The zero-order valence-corrected chi connectivity index (χ0v) is 12.8. The van der Waals surface area contributed by atoms with Crippen molar-refractivity contribution in [3.63, 3.8) is 0 Å². The standard InChI is InChI=1S/C16H30N2O/c1-4-12-10-17-16(5-2,6-3)11-18(12)14-9-13-7-8-15(14)19-13/h12-15,17H,4-11H2,1-3H3. The van der Waals surface area contributed by atoms with E-state index in [2.05, 4.69) is 31.0 Å². The van der Waals surface area contributed by atoms with Crippen LogP contribution in [-0.4, -0.2) is 47.8 Å². The van der Waals surface area contributed by atoms with Gasteiger partial charge in [-0.05, 0) is 38.5 Å². The topological polar surface area (TPSA) is 24.5 Å². The highest BCUT2D eigenvalue weighted by Crippen LogP contribution is 2.39. The van der Waals surface area contributed by atoms with Crippen LogP contribution in [0.5, 0.6) is 0 Å². The van der Waals surface area contributed by atoms with Crippen LogP contribution < -0.4 is 5.32 Å². The van der Waals surface area contributed by atoms with E-state index < -0.39 is 0 Å². The third kappa shape index (κ3) is 2.34. The monoisotopic (exact) mass is 266 g/mol. The van der Waals surface area contributed by atoms with Gasteiger partial charge < -0.3 is 10.1 Å². The first kappa shape index (κ1) is 13.8. The molecule has 3 fully saturated rings. The Hall–Kier alpha value is -0.120. The number of nitrogens with one attached hydrogen (secondary N) is 1. The van der Waals surface area contributed by atoms with E-state index in [-0.39, 0.29) is 0 Å². The molecule has 0 amide bonds. The van der Waals surface area contributed by atoms with E-state index in [9.17, 15) is 0 Å². The molecule has 1 N–H and O–H groups in total. The van der Waals surface area contributed by atoms with Crippen molar-refractivity contribution in [3.05, 3.63) is 0 Å². The normalized spacial score (nSPS) is 41.8. The molecule has 4 unspecified atom stereocenters. The molecule has 3 rings (SSSR count). The van der Waals surface area contributed by atoms with Crippen molar-refractivity contribution in [2.75, 3.05) is 13.1 Å². The smallest absolute Gasteiger partial charge is 0.0736 e. The van der Waals surface area contributed by atoms with Gasteiger partial charge in [0.1, 0.15) is 0 Å². The number of hydrogen-bond donors (Lipinski definition) is 1. The SMILES string of the molecule is CCC1CNC(CC)(CC)CN1C1CC2CCC1O2. The van der Waals surface area contributed by atoms with Crippen LogP contribution in [0.4, 0.5) is 0 Å². The molecule has 3 aliphatic rings. The van der Waals surface area contributed by atoms with Gasteiger partial charge in [0.25, 0.3) is 0 Å². The molecule has 0 saturated carbocycles. The highest BCUT2D eigenvalue weighted by Gasteiger charge is 2.48. The molecule has 4 atom stereocenters. The first-order valence-corrected chi connectivity index (χ1v) is 8.37. The zero-order chi connectivity index (χ0) is 13.5. The molecular weight excluding hydrogens is 236 g/mol. The summed E-state index contributed by atoms with van der Waals surface area (Å²) in [6.07, 6.45) is 8.70. The van der Waals surface area contributed by atoms with E-state index in [1.807, 2.05) is 0 Å². The lowest BCUT2D eigenvalue weighted by atomic mass is 9.84. The molecule has 0 spiro atoms. The Morgan fingerprint density at radius 2 is 2.00 bits per heavy atom. The number of nitrogens with zero attached hydrogens (tertiary/aromatic N) is 1. The number of rotatable bonds is 4. The van der Waals surface area contributed by atoms with Crippen molar-refractivity contribution in [3.8, 4) is 0 Å². The summed E-state index contributed by atoms with van der Waals surface area (Å²) in [5, 5.41) is 3.85. The Morgan fingerprint density at radius 1 is 1.21 bits per heavy atom. The third-order valence-electron chi connectivity index (χ3n) is 5.99. The minimum atomic E-state index is 0.341. The summed E-state index contributed by atoms with van der Waals surface area (Å²) in [5.74, 6) is 0. The summed E-state index contributed by atoms with van der Waals surface area (Å²) in [6.45, 7) is 9.37. The van der Waals surface area contributed by atoms with Crippen LogP contribution in [0.15, 0.2) is 0 Å². The zero-order valence-electron chi connectivity index (χ0n) is 12.8. The van der Waals surface area contributed by atoms with Gasteiger partial charge in [-0.2, -0.15) is 0 Å². The molecular formula is C16H30N2O. The van der Waals surface area contributed by atoms with E-state index in [0.29, 0.717) is 29.8 Å². The van der Waals surface area contributed by atoms with Crippen molar-refractivity contribution in [1.29, 1.82) is 0 Å². The van der Waals surface area contributed by atoms with E-state index >= 15 is 0 Å². The summed E-state index contributed by atoms with van der Waals surface area (Å²) >= 11 is 0. The van der Waals surface area contributed by atoms with Crippen LogP contribution in [0, 0.1) is 0 Å². The largest absolute Gasteiger partial charge is 0.373 e. The van der Waals surface area contributed by atoms with Crippen molar-refractivity contribution in [1.82, 2.24) is 10.2 Å². The molecule has 3 aliphatic heterocycles. The van der Waals surface area contributed by atoms with Crippen LogP contribution in [0.3, 0.4) is 0 Å². The maximum Gasteiger partial charge on any atom is 0.0736 e. The summed E-state index contributed by atoms with van der Waals surface area (Å²) in [7, 11) is 0. The van der Waals surface area contributed by atoms with Crippen molar-refractivity contribution >= 4 is 0 Å². The minimum absolute atomic E-state index is 0.341. The Morgan fingerprint density at radius 3 is 2.53 bits per heavy atom. The fourth-order valence-electron chi connectivity index (χ4n) is 4.44. The maximum absolute atomic E-state index is 6.10. The molecule has 3 heteroatoms. The first-order chi connectivity index (χ1) is 9.21. The highest BCUT2D eigenvalue weighted by molar-refractivity contribution is 5.03. The molecule has 0 radical (unpaired) electrons. The minimum Gasteiger partial charge on any atom is -0.373 e. The lowest BCUT2D eigenvalue weighted by molar-refractivity contribution is 0.00393. The lowest BCUT2D eigenvalue weighted by Gasteiger charge is -2.50. The molecule has 3 saturated heterocycles. The van der Waals surface area contributed by atoms with Gasteiger partial charge in [-0.15, -0.1) is 0 Å². The molecule has 19 heavy (non-hydrogen) atoms. The van der Waals surface area contributed by atoms with E-state index in [4.69, 9.17) is 4.74 Å². The first-order valence-electron chi connectivity index (χ1n) is 8.37. The Balaban J connectivity index is 1.76. The van der Waals surface area contributed by atoms with Crippen molar-refractivity contribution in [2.45, 2.75) is 89.1 Å². The van der Waals surface area contributed by atoms with Crippen LogP contribution in [-0.2, 0) is 4.74 Å². The van der Waals surface area contributed by atoms with Crippen LogP contribution in [0.1, 0.15) is 59.3 Å². The number of fused-ring (bicyclic) bond motifs is 2. The van der Waals surface area contributed by atoms with Gasteiger partial charge in [-0.3, -0.25) is 4.90 Å². The van der Waals surface area contributed by atoms with Crippen molar-refractivity contribution in [2.24, 2.45) is 0 Å². The van der Waals surface area contributed by atoms with Gasteiger partial charge >= 0.3 is 0 Å². The van der Waals surface area contributed by atoms with Gasteiger partial charge in [0.2, 0.25) is 0 Å². The quantitative estimate of drug-likeness (QED) is 0.846. The van der Waals surface area contributed by atoms with Gasteiger partial charge in [-0.25, -0.2) is 0 Å². The van der Waals surface area contributed by atoms with E-state index in [0.717, 1.165) is 6.54 Å². The Kier molecular flexibility index (Phi) is 3.89. The number of piperazine rings is 1. The molecule has 2 bridgehead atoms. The molecule has 0 aromatic rings. The number of hydrogen-bond acceptors (Lipinski definition) is 3. The molecule has 3 nitrogen and oxygen atoms in total. The summed E-state index contributed by atoms with van der Waals surface area (Å²) in [5.41, 5.74) is 0.341. The average Bonchev–Trinajstić information content (AvgIpc) is 3.09. The lowest BCUT2D eigenvalue weighted by Crippen LogP contribution is -2.66. The Bertz CT molecular complexity index is 316. The second-order valence-electron chi connectivity index (χ2n) is 6.78. The average molecular weight is 266 g/mol. The molecule has 0 aliphatic carbocycles. The second kappa shape index (κ2) is 5.34. The van der Waals surface area contributed by atoms with Gasteiger partial charge in [0, 0.05) is 30.7 Å².